The van der Waals surface area contributed by atoms with Gasteiger partial charge in [0.25, 0.3) is 5.56 Å². The van der Waals surface area contributed by atoms with Gasteiger partial charge in [0.15, 0.2) is 11.5 Å². The average molecular weight is 470 g/mol. The van der Waals surface area contributed by atoms with Crippen molar-refractivity contribution in [1.82, 2.24) is 9.36 Å². The van der Waals surface area contributed by atoms with E-state index in [2.05, 4.69) is 5.32 Å². The topological polar surface area (TPSA) is 74.5 Å². The van der Waals surface area contributed by atoms with Crippen molar-refractivity contribution < 1.29 is 14.3 Å². The predicted octanol–water partition coefficient (Wildman–Crippen LogP) is 4.91. The summed E-state index contributed by atoms with van der Waals surface area (Å²) in [5, 5.41) is 3.04. The van der Waals surface area contributed by atoms with E-state index >= 15 is 0 Å². The highest BCUT2D eigenvalue weighted by Gasteiger charge is 2.30. The molecule has 7 nitrogen and oxygen atoms in total. The fourth-order valence-electron chi connectivity index (χ4n) is 4.77. The van der Waals surface area contributed by atoms with Crippen LogP contribution in [0.1, 0.15) is 27.8 Å². The van der Waals surface area contributed by atoms with E-state index in [0.29, 0.717) is 35.1 Å². The van der Waals surface area contributed by atoms with Crippen molar-refractivity contribution >= 4 is 11.6 Å². The lowest BCUT2D eigenvalue weighted by molar-refractivity contribution is -0.117. The summed E-state index contributed by atoms with van der Waals surface area (Å²) in [6.07, 6.45) is 0.387. The molecule has 0 aliphatic carbocycles. The summed E-state index contributed by atoms with van der Waals surface area (Å²) in [5.74, 6) is 1.24. The SMILES string of the molecule is COc1cccc2c1Oc1c(c(=O)n(-c3ccccc3)n1CC(=O)Nc1c(C)cc(C)cc1C)C2. The number of benzene rings is 3. The third-order valence-electron chi connectivity index (χ3n) is 6.27. The first kappa shape index (κ1) is 22.5. The van der Waals surface area contributed by atoms with Gasteiger partial charge < -0.3 is 14.8 Å². The van der Waals surface area contributed by atoms with E-state index in [9.17, 15) is 9.59 Å². The number of ether oxygens (including phenoxy) is 2. The van der Waals surface area contributed by atoms with Crippen molar-refractivity contribution in [1.29, 1.82) is 0 Å². The monoisotopic (exact) mass is 469 g/mol. The maximum Gasteiger partial charge on any atom is 0.278 e. The Balaban J connectivity index is 1.59. The highest BCUT2D eigenvalue weighted by atomic mass is 16.5. The number of aromatic nitrogens is 2. The number of nitrogens with zero attached hydrogens (tertiary/aromatic N) is 2. The fourth-order valence-corrected chi connectivity index (χ4v) is 4.77. The van der Waals surface area contributed by atoms with Gasteiger partial charge >= 0.3 is 0 Å². The third kappa shape index (κ3) is 3.99. The van der Waals surface area contributed by atoms with Gasteiger partial charge in [-0.2, -0.15) is 0 Å². The van der Waals surface area contributed by atoms with Gasteiger partial charge in [0, 0.05) is 17.7 Å². The number of amides is 1. The summed E-state index contributed by atoms with van der Waals surface area (Å²) in [7, 11) is 1.58. The molecular formula is C28H27N3O4. The van der Waals surface area contributed by atoms with E-state index in [-0.39, 0.29) is 18.0 Å². The normalized spacial score (nSPS) is 11.9. The second-order valence-corrected chi connectivity index (χ2v) is 8.84. The van der Waals surface area contributed by atoms with Crippen LogP contribution in [0.5, 0.6) is 17.4 Å². The minimum atomic E-state index is -0.253. The maximum atomic E-state index is 13.6. The zero-order valence-corrected chi connectivity index (χ0v) is 20.2. The molecule has 0 spiro atoms. The van der Waals surface area contributed by atoms with E-state index in [1.807, 2.05) is 81.4 Å². The molecule has 4 aromatic rings. The number of methoxy groups -OCH3 is 1. The molecule has 0 atom stereocenters. The van der Waals surface area contributed by atoms with Crippen molar-refractivity contribution in [2.45, 2.75) is 33.7 Å². The minimum absolute atomic E-state index is 0.100. The molecule has 0 fully saturated rings. The number of carbonyl (C=O) groups is 1. The van der Waals surface area contributed by atoms with Gasteiger partial charge in [-0.3, -0.25) is 9.59 Å². The quantitative estimate of drug-likeness (QED) is 0.397. The van der Waals surface area contributed by atoms with Crippen molar-refractivity contribution in [3.05, 3.63) is 98.8 Å². The van der Waals surface area contributed by atoms with Crippen molar-refractivity contribution in [3.63, 3.8) is 0 Å². The van der Waals surface area contributed by atoms with Crippen LogP contribution in [0.3, 0.4) is 0 Å². The highest BCUT2D eigenvalue weighted by Crippen LogP contribution is 2.41. The Morgan fingerprint density at radius 1 is 1.03 bits per heavy atom. The number of hydrogen-bond donors (Lipinski definition) is 1. The standard InChI is InChI=1S/C28H27N3O4/c1-17-13-18(2)25(19(3)14-17)29-24(32)16-30-28-22(27(33)31(30)21-10-6-5-7-11-21)15-20-9-8-12-23(34-4)26(20)35-28/h5-14H,15-16H2,1-4H3,(H,29,32). The van der Waals surface area contributed by atoms with Crippen LogP contribution >= 0.6 is 0 Å². The van der Waals surface area contributed by atoms with Gasteiger partial charge in [0.2, 0.25) is 11.8 Å². The van der Waals surface area contributed by atoms with Gasteiger partial charge in [-0.05, 0) is 50.1 Å². The first-order valence-electron chi connectivity index (χ1n) is 11.5. The lowest BCUT2D eigenvalue weighted by Crippen LogP contribution is -2.27. The molecule has 178 valence electrons. The van der Waals surface area contributed by atoms with Crippen LogP contribution in [0.4, 0.5) is 5.69 Å². The van der Waals surface area contributed by atoms with Crippen LogP contribution in [0.25, 0.3) is 5.69 Å². The van der Waals surface area contributed by atoms with Gasteiger partial charge in [0.1, 0.15) is 6.54 Å². The average Bonchev–Trinajstić information content (AvgIpc) is 3.10. The van der Waals surface area contributed by atoms with Crippen LogP contribution < -0.4 is 20.3 Å². The zero-order chi connectivity index (χ0) is 24.7. The molecule has 35 heavy (non-hydrogen) atoms. The van der Waals surface area contributed by atoms with E-state index in [1.54, 1.807) is 11.8 Å². The van der Waals surface area contributed by atoms with Crippen LogP contribution in [0.2, 0.25) is 0 Å². The van der Waals surface area contributed by atoms with Crippen molar-refractivity contribution in [2.24, 2.45) is 0 Å². The van der Waals surface area contributed by atoms with Crippen molar-refractivity contribution in [3.8, 4) is 23.1 Å². The lowest BCUT2D eigenvalue weighted by Gasteiger charge is -2.21. The maximum absolute atomic E-state index is 13.6. The van der Waals surface area contributed by atoms with Gasteiger partial charge in [0.05, 0.1) is 18.4 Å². The first-order chi connectivity index (χ1) is 16.9. The molecule has 1 aliphatic heterocycles. The number of nitrogens with one attached hydrogen (secondary N) is 1. The minimum Gasteiger partial charge on any atom is -0.493 e. The summed E-state index contributed by atoms with van der Waals surface area (Å²) in [6.45, 7) is 5.87. The summed E-state index contributed by atoms with van der Waals surface area (Å²) in [5.41, 5.74) is 5.70. The number of anilines is 1. The van der Waals surface area contributed by atoms with Crippen LogP contribution in [0.15, 0.2) is 65.5 Å². The largest absolute Gasteiger partial charge is 0.493 e. The van der Waals surface area contributed by atoms with Crippen LogP contribution in [-0.2, 0) is 17.8 Å². The molecule has 2 heterocycles. The Labute approximate surface area is 203 Å². The Morgan fingerprint density at radius 3 is 2.43 bits per heavy atom. The molecule has 0 bridgehead atoms. The van der Waals surface area contributed by atoms with E-state index < -0.39 is 0 Å². The third-order valence-corrected chi connectivity index (χ3v) is 6.27. The number of rotatable bonds is 5. The molecule has 0 unspecified atom stereocenters. The first-order valence-corrected chi connectivity index (χ1v) is 11.5. The second-order valence-electron chi connectivity index (χ2n) is 8.84. The summed E-state index contributed by atoms with van der Waals surface area (Å²) in [6, 6.07) is 18.9. The summed E-state index contributed by atoms with van der Waals surface area (Å²) >= 11 is 0. The Morgan fingerprint density at radius 2 is 1.74 bits per heavy atom. The number of fused-ring (bicyclic) bond motifs is 2. The molecule has 5 rings (SSSR count). The smallest absolute Gasteiger partial charge is 0.278 e. The zero-order valence-electron chi connectivity index (χ0n) is 20.2. The number of carbonyl (C=O) groups excluding carboxylic acids is 1. The molecule has 1 aliphatic rings. The predicted molar refractivity (Wildman–Crippen MR) is 135 cm³/mol. The Bertz CT molecular complexity index is 1480. The molecule has 1 N–H and O–H groups in total. The molecule has 0 saturated carbocycles. The van der Waals surface area contributed by atoms with E-state index in [0.717, 1.165) is 27.9 Å². The molecule has 1 aromatic heterocycles. The fraction of sp³-hybridized carbons (Fsp3) is 0.214. The number of aryl methyl sites for hydroxylation is 3. The summed E-state index contributed by atoms with van der Waals surface area (Å²) in [4.78, 5) is 26.9. The molecule has 3 aromatic carbocycles. The molecular weight excluding hydrogens is 442 g/mol. The number of para-hydroxylation sites is 2. The van der Waals surface area contributed by atoms with E-state index in [1.165, 1.54) is 4.68 Å². The lowest BCUT2D eigenvalue weighted by atomic mass is 10.0. The Hall–Kier alpha value is -4.26. The Kier molecular flexibility index (Phi) is 5.68. The van der Waals surface area contributed by atoms with Crippen LogP contribution in [-0.4, -0.2) is 22.4 Å². The molecule has 0 saturated heterocycles. The van der Waals surface area contributed by atoms with Gasteiger partial charge in [-0.1, -0.05) is 48.0 Å². The molecule has 7 heteroatoms. The molecule has 1 amide bonds. The van der Waals surface area contributed by atoms with Crippen molar-refractivity contribution in [2.75, 3.05) is 12.4 Å². The van der Waals surface area contributed by atoms with Gasteiger partial charge in [-0.15, -0.1) is 0 Å². The van der Waals surface area contributed by atoms with E-state index in [4.69, 9.17) is 9.47 Å². The van der Waals surface area contributed by atoms with Gasteiger partial charge in [-0.25, -0.2) is 9.36 Å². The highest BCUT2D eigenvalue weighted by molar-refractivity contribution is 5.92. The molecule has 0 radical (unpaired) electrons. The van der Waals surface area contributed by atoms with Crippen LogP contribution in [0, 0.1) is 20.8 Å². The number of hydrogen-bond acceptors (Lipinski definition) is 4. The second kappa shape index (κ2) is 8.83. The summed E-state index contributed by atoms with van der Waals surface area (Å²) < 4.78 is 14.9.